The smallest absolute Gasteiger partial charge is 0.00341 e. The van der Waals surface area contributed by atoms with Gasteiger partial charge in [-0.1, -0.05) is 27.2 Å². The van der Waals surface area contributed by atoms with Crippen molar-refractivity contribution in [2.45, 2.75) is 45.3 Å². The summed E-state index contributed by atoms with van der Waals surface area (Å²) in [6.45, 7) is 6.91. The van der Waals surface area contributed by atoms with Gasteiger partial charge in [0.25, 0.3) is 0 Å². The molecule has 0 aliphatic heterocycles. The lowest BCUT2D eigenvalue weighted by Gasteiger charge is -2.35. The Morgan fingerprint density at radius 2 is 1.67 bits per heavy atom. The fourth-order valence-corrected chi connectivity index (χ4v) is 3.75. The zero-order chi connectivity index (χ0) is 9.78. The molecule has 0 heterocycles. The number of hydrogen-bond donors (Lipinski definition) is 1. The molecule has 0 saturated carbocycles. The van der Waals surface area contributed by atoms with Crippen molar-refractivity contribution in [1.82, 2.24) is 0 Å². The molecular weight excluding hydrogens is 184 g/mol. The van der Waals surface area contributed by atoms with E-state index in [1.165, 1.54) is 19.3 Å². The summed E-state index contributed by atoms with van der Waals surface area (Å²) >= 11 is 4.73. The number of rotatable bonds is 5. The van der Waals surface area contributed by atoms with E-state index in [-0.39, 0.29) is 0 Å². The molecule has 0 bridgehead atoms. The zero-order valence-corrected chi connectivity index (χ0v) is 10.8. The van der Waals surface area contributed by atoms with E-state index < -0.39 is 9.06 Å². The highest BCUT2D eigenvalue weighted by Gasteiger charge is 2.20. The van der Waals surface area contributed by atoms with Crippen LogP contribution >= 0.6 is 20.7 Å². The number of thiol groups is 1. The van der Waals surface area contributed by atoms with E-state index in [9.17, 15) is 0 Å². The van der Waals surface area contributed by atoms with Crippen molar-refractivity contribution >= 4 is 20.7 Å². The monoisotopic (exact) mass is 208 g/mol. The number of hydrogen-bond acceptors (Lipinski definition) is 1. The van der Waals surface area contributed by atoms with Gasteiger partial charge in [0.1, 0.15) is 0 Å². The predicted octanol–water partition coefficient (Wildman–Crippen LogP) is 4.11. The van der Waals surface area contributed by atoms with Crippen LogP contribution in [0.1, 0.15) is 40.0 Å². The second-order valence-corrected chi connectivity index (χ2v) is 10.3. The third-order valence-electron chi connectivity index (χ3n) is 2.63. The molecule has 0 fully saturated rings. The standard InChI is InChI=1S/C10H24S2/c1-6-9(3)8-10(7-2)12(4,5)11/h9-11H,6-8H2,1-5H3. The van der Waals surface area contributed by atoms with Crippen molar-refractivity contribution in [3.8, 4) is 0 Å². The minimum atomic E-state index is -0.626. The fourth-order valence-electron chi connectivity index (χ4n) is 1.43. The van der Waals surface area contributed by atoms with Crippen LogP contribution in [0.15, 0.2) is 0 Å². The first-order valence-electron chi connectivity index (χ1n) is 4.86. The van der Waals surface area contributed by atoms with Gasteiger partial charge in [0, 0.05) is 0 Å². The maximum Gasteiger partial charge on any atom is -0.00341 e. The largest absolute Gasteiger partial charge is 0.199 e. The SMILES string of the molecule is CCC(C)CC(CC)S(C)(C)S. The van der Waals surface area contributed by atoms with Gasteiger partial charge in [-0.2, -0.15) is 9.06 Å². The first-order valence-corrected chi connectivity index (χ1v) is 8.42. The van der Waals surface area contributed by atoms with Crippen molar-refractivity contribution in [2.24, 2.45) is 5.92 Å². The Morgan fingerprint density at radius 1 is 1.17 bits per heavy atom. The molecule has 0 spiro atoms. The van der Waals surface area contributed by atoms with E-state index in [2.05, 4.69) is 33.3 Å². The summed E-state index contributed by atoms with van der Waals surface area (Å²) in [6.07, 6.45) is 8.58. The predicted molar refractivity (Wildman–Crippen MR) is 66.6 cm³/mol. The lowest BCUT2D eigenvalue weighted by molar-refractivity contribution is 0.499. The van der Waals surface area contributed by atoms with Crippen LogP contribution in [0.4, 0.5) is 0 Å². The molecule has 0 N–H and O–H groups in total. The molecule has 0 nitrogen and oxygen atoms in total. The van der Waals surface area contributed by atoms with Gasteiger partial charge in [-0.3, -0.25) is 0 Å². The first kappa shape index (κ1) is 12.7. The van der Waals surface area contributed by atoms with Gasteiger partial charge in [0.05, 0.1) is 0 Å². The average Bonchev–Trinajstić information content (AvgIpc) is 1.97. The Morgan fingerprint density at radius 3 is 1.92 bits per heavy atom. The van der Waals surface area contributed by atoms with Gasteiger partial charge < -0.3 is 0 Å². The molecule has 0 aromatic rings. The van der Waals surface area contributed by atoms with E-state index in [0.29, 0.717) is 0 Å². The summed E-state index contributed by atoms with van der Waals surface area (Å²) in [5.41, 5.74) is 0. The molecular formula is C10H24S2. The van der Waals surface area contributed by atoms with Crippen LogP contribution in [0.2, 0.25) is 0 Å². The Balaban J connectivity index is 4.00. The molecule has 12 heavy (non-hydrogen) atoms. The van der Waals surface area contributed by atoms with E-state index >= 15 is 0 Å². The highest BCUT2D eigenvalue weighted by molar-refractivity contribution is 8.87. The van der Waals surface area contributed by atoms with Gasteiger partial charge in [-0.05, 0) is 36.5 Å². The second kappa shape index (κ2) is 5.43. The highest BCUT2D eigenvalue weighted by Crippen LogP contribution is 2.53. The Labute approximate surface area is 84.6 Å². The second-order valence-electron chi connectivity index (χ2n) is 4.13. The minimum absolute atomic E-state index is 0.626. The zero-order valence-electron chi connectivity index (χ0n) is 9.13. The van der Waals surface area contributed by atoms with Crippen LogP contribution in [0.3, 0.4) is 0 Å². The van der Waals surface area contributed by atoms with Crippen LogP contribution in [-0.4, -0.2) is 17.8 Å². The third-order valence-corrected chi connectivity index (χ3v) is 5.68. The maximum atomic E-state index is 4.73. The van der Waals surface area contributed by atoms with Crippen molar-refractivity contribution in [3.05, 3.63) is 0 Å². The minimum Gasteiger partial charge on any atom is -0.199 e. The summed E-state index contributed by atoms with van der Waals surface area (Å²) in [5.74, 6) is 0.869. The molecule has 2 atom stereocenters. The van der Waals surface area contributed by atoms with Crippen LogP contribution in [0, 0.1) is 5.92 Å². The van der Waals surface area contributed by atoms with Gasteiger partial charge in [-0.15, -0.1) is 11.7 Å². The summed E-state index contributed by atoms with van der Waals surface area (Å²) < 4.78 is 0. The maximum absolute atomic E-state index is 4.73. The first-order chi connectivity index (χ1) is 5.41. The summed E-state index contributed by atoms with van der Waals surface area (Å²) in [4.78, 5) is 0. The fraction of sp³-hybridized carbons (Fsp3) is 1.00. The normalized spacial score (nSPS) is 18.8. The van der Waals surface area contributed by atoms with Crippen LogP contribution in [0.5, 0.6) is 0 Å². The molecule has 0 radical (unpaired) electrons. The summed E-state index contributed by atoms with van der Waals surface area (Å²) in [5, 5.41) is 0.843. The van der Waals surface area contributed by atoms with Crippen LogP contribution in [-0.2, 0) is 0 Å². The van der Waals surface area contributed by atoms with Crippen molar-refractivity contribution in [3.63, 3.8) is 0 Å². The Bertz CT molecular complexity index is 115. The van der Waals surface area contributed by atoms with Crippen molar-refractivity contribution in [1.29, 1.82) is 0 Å². The van der Waals surface area contributed by atoms with E-state index in [0.717, 1.165) is 11.2 Å². The summed E-state index contributed by atoms with van der Waals surface area (Å²) in [7, 11) is -0.626. The van der Waals surface area contributed by atoms with E-state index in [1.54, 1.807) is 0 Å². The molecule has 0 rings (SSSR count). The summed E-state index contributed by atoms with van der Waals surface area (Å²) in [6, 6.07) is 0. The Kier molecular flexibility index (Phi) is 5.75. The van der Waals surface area contributed by atoms with Gasteiger partial charge in [0.2, 0.25) is 0 Å². The molecule has 2 unspecified atom stereocenters. The van der Waals surface area contributed by atoms with Gasteiger partial charge >= 0.3 is 0 Å². The lowest BCUT2D eigenvalue weighted by atomic mass is 10.0. The highest BCUT2D eigenvalue weighted by atomic mass is 33.1. The molecule has 2 heteroatoms. The quantitative estimate of drug-likeness (QED) is 0.510. The molecule has 0 aromatic carbocycles. The molecule has 0 amide bonds. The van der Waals surface area contributed by atoms with Gasteiger partial charge in [-0.25, -0.2) is 0 Å². The molecule has 0 saturated heterocycles. The molecule has 76 valence electrons. The Hall–Kier alpha value is 0.700. The molecule has 0 aliphatic rings. The van der Waals surface area contributed by atoms with Crippen molar-refractivity contribution < 1.29 is 0 Å². The van der Waals surface area contributed by atoms with E-state index in [4.69, 9.17) is 11.7 Å². The van der Waals surface area contributed by atoms with Crippen LogP contribution < -0.4 is 0 Å². The molecule has 0 aliphatic carbocycles. The van der Waals surface area contributed by atoms with Gasteiger partial charge in [0.15, 0.2) is 0 Å². The topological polar surface area (TPSA) is 0 Å². The average molecular weight is 208 g/mol. The lowest BCUT2D eigenvalue weighted by Crippen LogP contribution is -2.15. The van der Waals surface area contributed by atoms with Crippen LogP contribution in [0.25, 0.3) is 0 Å². The van der Waals surface area contributed by atoms with E-state index in [1.807, 2.05) is 0 Å². The third kappa shape index (κ3) is 4.66. The molecule has 0 aromatic heterocycles. The van der Waals surface area contributed by atoms with Crippen molar-refractivity contribution in [2.75, 3.05) is 12.5 Å².